The first-order valence-electron chi connectivity index (χ1n) is 6.16. The zero-order chi connectivity index (χ0) is 13.0. The van der Waals surface area contributed by atoms with Gasteiger partial charge in [-0.2, -0.15) is 0 Å². The minimum Gasteiger partial charge on any atom is -0.456 e. The Balaban J connectivity index is 1.77. The van der Waals surface area contributed by atoms with E-state index < -0.39 is 29.2 Å². The van der Waals surface area contributed by atoms with Crippen molar-refractivity contribution >= 4 is 17.0 Å². The summed E-state index contributed by atoms with van der Waals surface area (Å²) in [5.41, 5.74) is 0.329. The molecule has 6 unspecified atom stereocenters. The molecule has 0 aromatic heterocycles. The number of carbonyl (C=O) groups is 1. The summed E-state index contributed by atoms with van der Waals surface area (Å²) in [7, 11) is -2.90. The monoisotopic (exact) mass is 272 g/mol. The van der Waals surface area contributed by atoms with Crippen LogP contribution >= 0.6 is 0 Å². The van der Waals surface area contributed by atoms with Gasteiger partial charge < -0.3 is 4.74 Å². The number of esters is 1. The molecule has 0 aliphatic heterocycles. The van der Waals surface area contributed by atoms with Gasteiger partial charge in [-0.1, -0.05) is 6.58 Å². The predicted molar refractivity (Wildman–Crippen MR) is 63.1 cm³/mol. The van der Waals surface area contributed by atoms with E-state index in [-0.39, 0.29) is 11.8 Å². The summed E-state index contributed by atoms with van der Waals surface area (Å²) in [6.07, 6.45) is 1.13. The van der Waals surface area contributed by atoms with Gasteiger partial charge in [0.1, 0.15) is 12.2 Å². The molecule has 100 valence electrons. The topological polar surface area (TPSA) is 69.7 Å². The maximum atomic E-state index is 11.6. The van der Waals surface area contributed by atoms with E-state index in [1.165, 1.54) is 0 Å². The van der Waals surface area contributed by atoms with Crippen molar-refractivity contribution in [1.82, 2.24) is 0 Å². The maximum Gasteiger partial charge on any atom is 0.333 e. The number of ether oxygens (including phenoxy) is 1. The van der Waals surface area contributed by atoms with Crippen LogP contribution in [-0.4, -0.2) is 26.6 Å². The first-order valence-corrected chi connectivity index (χ1v) is 7.26. The molecule has 0 amide bonds. The number of hydrogen-bond donors (Lipinski definition) is 1. The molecule has 3 rings (SSSR count). The van der Waals surface area contributed by atoms with Gasteiger partial charge in [0.2, 0.25) is 0 Å². The number of fused-ring (bicyclic) bond motifs is 5. The molecule has 0 aromatic rings. The van der Waals surface area contributed by atoms with E-state index >= 15 is 0 Å². The molecule has 18 heavy (non-hydrogen) atoms. The van der Waals surface area contributed by atoms with E-state index in [9.17, 15) is 13.2 Å². The fraction of sp³-hybridized carbons (Fsp3) is 0.750. The van der Waals surface area contributed by atoms with Crippen molar-refractivity contribution in [1.29, 1.82) is 0 Å². The second kappa shape index (κ2) is 4.06. The summed E-state index contributed by atoms with van der Waals surface area (Å²) in [6, 6.07) is 0. The largest absolute Gasteiger partial charge is 0.456 e. The van der Waals surface area contributed by atoms with Crippen LogP contribution in [0.3, 0.4) is 0 Å². The zero-order valence-electron chi connectivity index (χ0n) is 10.1. The molecule has 6 atom stereocenters. The molecule has 3 fully saturated rings. The van der Waals surface area contributed by atoms with Crippen LogP contribution in [0.1, 0.15) is 19.8 Å². The van der Waals surface area contributed by atoms with Gasteiger partial charge in [-0.25, -0.2) is 13.2 Å². The third-order valence-electron chi connectivity index (χ3n) is 4.50. The fourth-order valence-electron chi connectivity index (χ4n) is 3.74. The predicted octanol–water partition coefficient (Wildman–Crippen LogP) is 0.672. The van der Waals surface area contributed by atoms with Crippen LogP contribution in [0.4, 0.5) is 0 Å². The quantitative estimate of drug-likeness (QED) is 0.463. The number of thiol groups is 1. The van der Waals surface area contributed by atoms with Crippen molar-refractivity contribution in [3.8, 4) is 0 Å². The first kappa shape index (κ1) is 12.2. The maximum absolute atomic E-state index is 11.6. The standard InChI is InChI=1S/C12H16O5S/c1-5(2)12(13)16-10-8-4-9(7-3-6(7)8)11(10)17-18(14)15/h6-11,18H,1,3-4H2,2H3. The highest BCUT2D eigenvalue weighted by atomic mass is 32.2. The van der Waals surface area contributed by atoms with Gasteiger partial charge in [0.15, 0.2) is 0 Å². The van der Waals surface area contributed by atoms with E-state index in [4.69, 9.17) is 8.92 Å². The Bertz CT molecular complexity index is 475. The normalized spacial score (nSPS) is 43.9. The van der Waals surface area contributed by atoms with Crippen LogP contribution in [-0.2, 0) is 24.7 Å². The summed E-state index contributed by atoms with van der Waals surface area (Å²) in [5, 5.41) is 0. The lowest BCUT2D eigenvalue weighted by Crippen LogP contribution is -2.39. The molecule has 0 N–H and O–H groups in total. The Morgan fingerprint density at radius 3 is 2.22 bits per heavy atom. The Morgan fingerprint density at radius 1 is 1.11 bits per heavy atom. The lowest BCUT2D eigenvalue weighted by atomic mass is 9.95. The van der Waals surface area contributed by atoms with Crippen LogP contribution in [0.2, 0.25) is 0 Å². The average Bonchev–Trinajstić information content (AvgIpc) is 2.91. The molecule has 0 aromatic carbocycles. The highest BCUT2D eigenvalue weighted by molar-refractivity contribution is 7.67. The fourth-order valence-corrected chi connectivity index (χ4v) is 4.22. The first-order chi connectivity index (χ1) is 8.49. The molecular formula is C12H16O5S. The summed E-state index contributed by atoms with van der Waals surface area (Å²) in [6.45, 7) is 5.12. The molecule has 6 heteroatoms. The van der Waals surface area contributed by atoms with Crippen molar-refractivity contribution in [2.75, 3.05) is 0 Å². The van der Waals surface area contributed by atoms with E-state index in [1.807, 2.05) is 0 Å². The highest BCUT2D eigenvalue weighted by Crippen LogP contribution is 2.66. The molecule has 0 heterocycles. The van der Waals surface area contributed by atoms with Gasteiger partial charge >= 0.3 is 5.97 Å². The van der Waals surface area contributed by atoms with Crippen molar-refractivity contribution in [2.24, 2.45) is 23.7 Å². The Labute approximate surface area is 107 Å². The lowest BCUT2D eigenvalue weighted by Gasteiger charge is -2.28. The molecule has 5 nitrogen and oxygen atoms in total. The van der Waals surface area contributed by atoms with Gasteiger partial charge in [-0.15, -0.1) is 0 Å². The molecule has 3 aliphatic rings. The summed E-state index contributed by atoms with van der Waals surface area (Å²) < 4.78 is 31.9. The third-order valence-corrected chi connectivity index (χ3v) is 4.92. The van der Waals surface area contributed by atoms with Crippen LogP contribution in [0.25, 0.3) is 0 Å². The number of hydrogen-bond acceptors (Lipinski definition) is 5. The van der Waals surface area contributed by atoms with Gasteiger partial charge in [-0.05, 0) is 37.5 Å². The summed E-state index contributed by atoms with van der Waals surface area (Å²) >= 11 is 0. The smallest absolute Gasteiger partial charge is 0.333 e. The second-order valence-electron chi connectivity index (χ2n) is 5.57. The number of rotatable bonds is 4. The third kappa shape index (κ3) is 1.78. The van der Waals surface area contributed by atoms with E-state index in [2.05, 4.69) is 6.58 Å². The Kier molecular flexibility index (Phi) is 2.75. The molecule has 3 saturated carbocycles. The minimum absolute atomic E-state index is 0.232. The van der Waals surface area contributed by atoms with E-state index in [0.717, 1.165) is 12.8 Å². The molecule has 2 bridgehead atoms. The van der Waals surface area contributed by atoms with Gasteiger partial charge in [0.25, 0.3) is 11.0 Å². The van der Waals surface area contributed by atoms with Crippen LogP contribution < -0.4 is 0 Å². The van der Waals surface area contributed by atoms with E-state index in [0.29, 0.717) is 17.4 Å². The van der Waals surface area contributed by atoms with Crippen LogP contribution in [0.5, 0.6) is 0 Å². The lowest BCUT2D eigenvalue weighted by molar-refractivity contribution is -0.152. The minimum atomic E-state index is -2.90. The highest BCUT2D eigenvalue weighted by Gasteiger charge is 2.67. The van der Waals surface area contributed by atoms with Crippen molar-refractivity contribution in [3.05, 3.63) is 12.2 Å². The molecule has 3 aliphatic carbocycles. The SMILES string of the molecule is C=C(C)C(=O)OC1C2CC(C3CC32)C1O[SH](=O)=O. The summed E-state index contributed by atoms with van der Waals surface area (Å²) in [4.78, 5) is 11.6. The van der Waals surface area contributed by atoms with E-state index in [1.54, 1.807) is 6.92 Å². The molecule has 0 spiro atoms. The molecule has 0 saturated heterocycles. The average molecular weight is 272 g/mol. The molecule has 0 radical (unpaired) electrons. The second-order valence-corrected chi connectivity index (χ2v) is 6.23. The zero-order valence-corrected chi connectivity index (χ0v) is 11.0. The molecular weight excluding hydrogens is 256 g/mol. The van der Waals surface area contributed by atoms with Crippen molar-refractivity contribution in [2.45, 2.75) is 32.0 Å². The number of carbonyl (C=O) groups excluding carboxylic acids is 1. The van der Waals surface area contributed by atoms with Gasteiger partial charge in [0.05, 0.1) is 0 Å². The van der Waals surface area contributed by atoms with Gasteiger partial charge in [0, 0.05) is 11.5 Å². The van der Waals surface area contributed by atoms with Crippen LogP contribution in [0, 0.1) is 23.7 Å². The Morgan fingerprint density at radius 2 is 1.67 bits per heavy atom. The van der Waals surface area contributed by atoms with Gasteiger partial charge in [-0.3, -0.25) is 4.18 Å². The van der Waals surface area contributed by atoms with Crippen LogP contribution in [0.15, 0.2) is 12.2 Å². The Hall–Kier alpha value is -0.880. The summed E-state index contributed by atoms with van der Waals surface area (Å²) in [5.74, 6) is 1.22. The van der Waals surface area contributed by atoms with Crippen molar-refractivity contribution < 1.29 is 22.1 Å². The van der Waals surface area contributed by atoms with Crippen molar-refractivity contribution in [3.63, 3.8) is 0 Å².